The van der Waals surface area contributed by atoms with Crippen LogP contribution >= 0.6 is 0 Å². The fraction of sp³-hybridized carbons (Fsp3) is 0.429. The van der Waals surface area contributed by atoms with Crippen LogP contribution in [0.4, 0.5) is 26.3 Å². The third kappa shape index (κ3) is 3.46. The standard InChI is InChI=1S/C21H22F6/c1-12(2)18-11-17(9-7-14(18)4)19(20(22,23)24,21(25,26)27)16-8-6-13(3)15(5)10-16/h6-12H,1-5H3. The predicted octanol–water partition coefficient (Wildman–Crippen LogP) is 7.15. The van der Waals surface area contributed by atoms with Gasteiger partial charge in [-0.15, -0.1) is 0 Å². The molecule has 0 saturated carbocycles. The minimum absolute atomic E-state index is 0.205. The maximum absolute atomic E-state index is 14.2. The molecule has 0 aliphatic carbocycles. The Morgan fingerprint density at radius 1 is 0.630 bits per heavy atom. The van der Waals surface area contributed by atoms with Crippen molar-refractivity contribution in [2.75, 3.05) is 0 Å². The molecule has 2 aromatic carbocycles. The van der Waals surface area contributed by atoms with Crippen molar-refractivity contribution < 1.29 is 26.3 Å². The smallest absolute Gasteiger partial charge is 0.169 e. The highest BCUT2D eigenvalue weighted by Gasteiger charge is 2.72. The van der Waals surface area contributed by atoms with E-state index in [1.807, 2.05) is 0 Å². The van der Waals surface area contributed by atoms with E-state index in [4.69, 9.17) is 0 Å². The highest BCUT2D eigenvalue weighted by atomic mass is 19.4. The van der Waals surface area contributed by atoms with Gasteiger partial charge in [0.05, 0.1) is 0 Å². The molecule has 27 heavy (non-hydrogen) atoms. The lowest BCUT2D eigenvalue weighted by Gasteiger charge is -2.39. The summed E-state index contributed by atoms with van der Waals surface area (Å²) >= 11 is 0. The zero-order valence-corrected chi connectivity index (χ0v) is 15.8. The highest BCUT2D eigenvalue weighted by Crippen LogP contribution is 2.56. The third-order valence-corrected chi connectivity index (χ3v) is 5.12. The Bertz CT molecular complexity index is 814. The van der Waals surface area contributed by atoms with Crippen LogP contribution in [-0.4, -0.2) is 12.4 Å². The normalized spacial score (nSPS) is 13.3. The lowest BCUT2D eigenvalue weighted by atomic mass is 9.71. The van der Waals surface area contributed by atoms with Crippen molar-refractivity contribution in [1.82, 2.24) is 0 Å². The summed E-state index contributed by atoms with van der Waals surface area (Å²) in [5.41, 5.74) is -3.58. The molecule has 0 atom stereocenters. The van der Waals surface area contributed by atoms with Gasteiger partial charge < -0.3 is 0 Å². The molecular weight excluding hydrogens is 366 g/mol. The van der Waals surface area contributed by atoms with E-state index < -0.39 is 28.9 Å². The Kier molecular flexibility index (Phi) is 5.43. The SMILES string of the molecule is Cc1ccc(C(c2ccc(C)c(C(C)C)c2)(C(F)(F)F)C(F)(F)F)cc1C. The lowest BCUT2D eigenvalue weighted by molar-refractivity contribution is -0.288. The number of rotatable bonds is 3. The maximum Gasteiger partial charge on any atom is 0.411 e. The van der Waals surface area contributed by atoms with Crippen LogP contribution in [0.5, 0.6) is 0 Å². The average Bonchev–Trinajstić information content (AvgIpc) is 2.49. The van der Waals surface area contributed by atoms with Gasteiger partial charge in [-0.05, 0) is 60.1 Å². The highest BCUT2D eigenvalue weighted by molar-refractivity contribution is 5.49. The minimum Gasteiger partial charge on any atom is -0.169 e. The fourth-order valence-corrected chi connectivity index (χ4v) is 3.45. The van der Waals surface area contributed by atoms with Gasteiger partial charge in [-0.25, -0.2) is 0 Å². The molecule has 0 fully saturated rings. The van der Waals surface area contributed by atoms with Crippen molar-refractivity contribution >= 4 is 0 Å². The van der Waals surface area contributed by atoms with E-state index in [9.17, 15) is 26.3 Å². The fourth-order valence-electron chi connectivity index (χ4n) is 3.45. The molecule has 2 rings (SSSR count). The molecule has 0 aliphatic rings. The second-order valence-corrected chi connectivity index (χ2v) is 7.27. The second-order valence-electron chi connectivity index (χ2n) is 7.27. The van der Waals surface area contributed by atoms with E-state index >= 15 is 0 Å². The van der Waals surface area contributed by atoms with Crippen molar-refractivity contribution in [2.45, 2.75) is 58.3 Å². The molecular formula is C21H22F6. The monoisotopic (exact) mass is 388 g/mol. The van der Waals surface area contributed by atoms with E-state index in [1.165, 1.54) is 19.1 Å². The molecule has 2 aromatic rings. The first-order valence-corrected chi connectivity index (χ1v) is 8.55. The van der Waals surface area contributed by atoms with Crippen LogP contribution in [0.2, 0.25) is 0 Å². The lowest BCUT2D eigenvalue weighted by Crippen LogP contribution is -2.54. The zero-order chi connectivity index (χ0) is 20.8. The van der Waals surface area contributed by atoms with Crippen LogP contribution in [-0.2, 0) is 5.41 Å². The number of hydrogen-bond donors (Lipinski definition) is 0. The van der Waals surface area contributed by atoms with Gasteiger partial charge in [0.1, 0.15) is 0 Å². The summed E-state index contributed by atoms with van der Waals surface area (Å²) < 4.78 is 85.1. The zero-order valence-electron chi connectivity index (χ0n) is 15.8. The minimum atomic E-state index is -5.56. The van der Waals surface area contributed by atoms with Gasteiger partial charge >= 0.3 is 12.4 Å². The Hall–Kier alpha value is -1.98. The molecule has 6 heteroatoms. The summed E-state index contributed by atoms with van der Waals surface area (Å²) in [5.74, 6) is -0.205. The molecule has 148 valence electrons. The van der Waals surface area contributed by atoms with E-state index in [-0.39, 0.29) is 5.92 Å². The molecule has 0 N–H and O–H groups in total. The molecule has 0 unspecified atom stereocenters. The Morgan fingerprint density at radius 3 is 1.48 bits per heavy atom. The van der Waals surface area contributed by atoms with Crippen LogP contribution < -0.4 is 0 Å². The van der Waals surface area contributed by atoms with Crippen molar-refractivity contribution in [2.24, 2.45) is 0 Å². The molecule has 0 nitrogen and oxygen atoms in total. The number of hydrogen-bond acceptors (Lipinski definition) is 0. The van der Waals surface area contributed by atoms with E-state index in [1.54, 1.807) is 27.7 Å². The van der Waals surface area contributed by atoms with Crippen LogP contribution in [0, 0.1) is 20.8 Å². The molecule has 0 spiro atoms. The van der Waals surface area contributed by atoms with E-state index in [0.717, 1.165) is 24.3 Å². The summed E-state index contributed by atoms with van der Waals surface area (Å²) in [4.78, 5) is 0. The summed E-state index contributed by atoms with van der Waals surface area (Å²) in [6, 6.07) is 6.55. The summed E-state index contributed by atoms with van der Waals surface area (Å²) in [6.45, 7) is 8.31. The molecule has 0 radical (unpaired) electrons. The summed E-state index contributed by atoms with van der Waals surface area (Å²) in [6.07, 6.45) is -11.1. The Morgan fingerprint density at radius 2 is 1.07 bits per heavy atom. The van der Waals surface area contributed by atoms with E-state index in [2.05, 4.69) is 0 Å². The van der Waals surface area contributed by atoms with Gasteiger partial charge in [-0.2, -0.15) is 26.3 Å². The second kappa shape index (κ2) is 6.88. The van der Waals surface area contributed by atoms with Crippen LogP contribution in [0.15, 0.2) is 36.4 Å². The van der Waals surface area contributed by atoms with Crippen molar-refractivity contribution in [3.05, 3.63) is 69.8 Å². The first kappa shape index (κ1) is 21.3. The molecule has 0 aliphatic heterocycles. The van der Waals surface area contributed by atoms with Crippen LogP contribution in [0.3, 0.4) is 0 Å². The Labute approximate surface area is 155 Å². The van der Waals surface area contributed by atoms with Gasteiger partial charge in [0.25, 0.3) is 0 Å². The molecule has 0 heterocycles. The van der Waals surface area contributed by atoms with Gasteiger partial charge in [-0.3, -0.25) is 0 Å². The average molecular weight is 388 g/mol. The molecule has 0 bridgehead atoms. The number of aryl methyl sites for hydroxylation is 3. The van der Waals surface area contributed by atoms with Gasteiger partial charge in [0.2, 0.25) is 5.41 Å². The quantitative estimate of drug-likeness (QED) is 0.490. The predicted molar refractivity (Wildman–Crippen MR) is 94.1 cm³/mol. The largest absolute Gasteiger partial charge is 0.411 e. The first-order valence-electron chi connectivity index (χ1n) is 8.55. The van der Waals surface area contributed by atoms with Crippen LogP contribution in [0.1, 0.15) is 53.1 Å². The molecule has 0 aromatic heterocycles. The maximum atomic E-state index is 14.2. The van der Waals surface area contributed by atoms with Crippen molar-refractivity contribution in [3.63, 3.8) is 0 Å². The van der Waals surface area contributed by atoms with Gasteiger partial charge in [0, 0.05) is 0 Å². The Balaban J connectivity index is 2.97. The van der Waals surface area contributed by atoms with Gasteiger partial charge in [-0.1, -0.05) is 50.2 Å². The summed E-state index contributed by atoms with van der Waals surface area (Å²) in [7, 11) is 0. The topological polar surface area (TPSA) is 0 Å². The number of alkyl halides is 6. The summed E-state index contributed by atoms with van der Waals surface area (Å²) in [5, 5.41) is 0. The van der Waals surface area contributed by atoms with Gasteiger partial charge in [0.15, 0.2) is 0 Å². The third-order valence-electron chi connectivity index (χ3n) is 5.12. The van der Waals surface area contributed by atoms with Crippen molar-refractivity contribution in [1.29, 1.82) is 0 Å². The number of halogens is 6. The van der Waals surface area contributed by atoms with Crippen LogP contribution in [0.25, 0.3) is 0 Å². The first-order chi connectivity index (χ1) is 12.2. The molecule has 0 amide bonds. The number of benzene rings is 2. The van der Waals surface area contributed by atoms with E-state index in [0.29, 0.717) is 22.3 Å². The van der Waals surface area contributed by atoms with Crippen molar-refractivity contribution in [3.8, 4) is 0 Å². The molecule has 0 saturated heterocycles.